The van der Waals surface area contributed by atoms with E-state index < -0.39 is 6.04 Å². The zero-order valence-corrected chi connectivity index (χ0v) is 10.8. The molecule has 96 valence electrons. The SMILES string of the molecule is CCOC(=O)C(C)Nc1c(N)c(CC)nn1C. The average molecular weight is 240 g/mol. The summed E-state index contributed by atoms with van der Waals surface area (Å²) in [6.07, 6.45) is 0.759. The summed E-state index contributed by atoms with van der Waals surface area (Å²) in [6, 6.07) is -0.447. The van der Waals surface area contributed by atoms with Crippen molar-refractivity contribution in [2.75, 3.05) is 17.7 Å². The summed E-state index contributed by atoms with van der Waals surface area (Å²) in [4.78, 5) is 11.5. The third-order valence-corrected chi connectivity index (χ3v) is 2.49. The Morgan fingerprint density at radius 1 is 1.59 bits per heavy atom. The predicted molar refractivity (Wildman–Crippen MR) is 66.7 cm³/mol. The second kappa shape index (κ2) is 5.56. The highest BCUT2D eigenvalue weighted by Crippen LogP contribution is 2.22. The van der Waals surface area contributed by atoms with E-state index in [0.29, 0.717) is 18.1 Å². The standard InChI is InChI=1S/C11H20N4O2/c1-5-8-9(12)10(15(4)14-8)13-7(3)11(16)17-6-2/h7,13H,5-6,12H2,1-4H3. The number of nitrogens with two attached hydrogens (primary N) is 1. The summed E-state index contributed by atoms with van der Waals surface area (Å²) in [5.74, 6) is 0.355. The summed E-state index contributed by atoms with van der Waals surface area (Å²) in [6.45, 7) is 5.86. The van der Waals surface area contributed by atoms with Crippen LogP contribution in [0.2, 0.25) is 0 Å². The Morgan fingerprint density at radius 3 is 2.71 bits per heavy atom. The quantitative estimate of drug-likeness (QED) is 0.748. The molecule has 0 aliphatic carbocycles. The Kier molecular flexibility index (Phi) is 4.37. The van der Waals surface area contributed by atoms with E-state index in [9.17, 15) is 4.79 Å². The number of ether oxygens (including phenoxy) is 1. The number of nitrogens with zero attached hydrogens (tertiary/aromatic N) is 2. The smallest absolute Gasteiger partial charge is 0.328 e. The first-order valence-electron chi connectivity index (χ1n) is 5.75. The topological polar surface area (TPSA) is 82.2 Å². The lowest BCUT2D eigenvalue weighted by Gasteiger charge is -2.14. The lowest BCUT2D eigenvalue weighted by Crippen LogP contribution is -2.29. The molecule has 0 aromatic carbocycles. The molecule has 0 bridgehead atoms. The van der Waals surface area contributed by atoms with E-state index in [1.54, 1.807) is 25.6 Å². The van der Waals surface area contributed by atoms with Crippen LogP contribution in [-0.2, 0) is 23.0 Å². The molecule has 3 N–H and O–H groups in total. The minimum absolute atomic E-state index is 0.300. The van der Waals surface area contributed by atoms with E-state index >= 15 is 0 Å². The van der Waals surface area contributed by atoms with Crippen LogP contribution < -0.4 is 11.1 Å². The lowest BCUT2D eigenvalue weighted by atomic mass is 10.3. The number of esters is 1. The number of anilines is 2. The third-order valence-electron chi connectivity index (χ3n) is 2.49. The van der Waals surface area contributed by atoms with Gasteiger partial charge in [-0.1, -0.05) is 6.92 Å². The normalized spacial score (nSPS) is 12.2. The van der Waals surface area contributed by atoms with Gasteiger partial charge >= 0.3 is 5.97 Å². The Morgan fingerprint density at radius 2 is 2.24 bits per heavy atom. The number of hydrogen-bond acceptors (Lipinski definition) is 5. The monoisotopic (exact) mass is 240 g/mol. The van der Waals surface area contributed by atoms with Gasteiger partial charge in [-0.2, -0.15) is 5.10 Å². The van der Waals surface area contributed by atoms with Crippen LogP contribution in [0, 0.1) is 0 Å². The molecule has 6 nitrogen and oxygen atoms in total. The summed E-state index contributed by atoms with van der Waals surface area (Å²) in [5.41, 5.74) is 7.35. The first-order chi connectivity index (χ1) is 8.01. The van der Waals surface area contributed by atoms with Crippen molar-refractivity contribution in [3.63, 3.8) is 0 Å². The number of carbonyl (C=O) groups is 1. The summed E-state index contributed by atoms with van der Waals surface area (Å²) < 4.78 is 6.56. The van der Waals surface area contributed by atoms with Crippen molar-refractivity contribution < 1.29 is 9.53 Å². The number of carbonyl (C=O) groups excluding carboxylic acids is 1. The Bertz CT molecular complexity index is 400. The number of aromatic nitrogens is 2. The number of aryl methyl sites for hydroxylation is 2. The zero-order chi connectivity index (χ0) is 13.0. The van der Waals surface area contributed by atoms with Gasteiger partial charge in [0.15, 0.2) is 0 Å². The van der Waals surface area contributed by atoms with Gasteiger partial charge < -0.3 is 15.8 Å². The molecule has 0 radical (unpaired) electrons. The zero-order valence-electron chi connectivity index (χ0n) is 10.8. The first kappa shape index (κ1) is 13.3. The van der Waals surface area contributed by atoms with Gasteiger partial charge in [0.2, 0.25) is 0 Å². The molecule has 0 fully saturated rings. The maximum absolute atomic E-state index is 11.5. The molecule has 1 unspecified atom stereocenters. The largest absolute Gasteiger partial charge is 0.464 e. The van der Waals surface area contributed by atoms with E-state index in [0.717, 1.165) is 12.1 Å². The van der Waals surface area contributed by atoms with Crippen molar-refractivity contribution in [2.45, 2.75) is 33.2 Å². The van der Waals surface area contributed by atoms with Gasteiger partial charge in [0.25, 0.3) is 0 Å². The average Bonchev–Trinajstić information content (AvgIpc) is 2.56. The van der Waals surface area contributed by atoms with Crippen LogP contribution in [0.5, 0.6) is 0 Å². The van der Waals surface area contributed by atoms with E-state index in [-0.39, 0.29) is 5.97 Å². The fourth-order valence-electron chi connectivity index (χ4n) is 1.56. The molecule has 1 heterocycles. The fraction of sp³-hybridized carbons (Fsp3) is 0.636. The summed E-state index contributed by atoms with van der Waals surface area (Å²) in [7, 11) is 1.79. The minimum atomic E-state index is -0.447. The molecule has 1 rings (SSSR count). The van der Waals surface area contributed by atoms with Crippen LogP contribution in [0.4, 0.5) is 11.5 Å². The van der Waals surface area contributed by atoms with E-state index in [4.69, 9.17) is 10.5 Å². The highest BCUT2D eigenvalue weighted by atomic mass is 16.5. The molecular weight excluding hydrogens is 220 g/mol. The maximum atomic E-state index is 11.5. The van der Waals surface area contributed by atoms with Gasteiger partial charge in [-0.15, -0.1) is 0 Å². The first-order valence-corrected chi connectivity index (χ1v) is 5.75. The molecule has 0 spiro atoms. The van der Waals surface area contributed by atoms with Crippen molar-refractivity contribution in [3.8, 4) is 0 Å². The summed E-state index contributed by atoms with van der Waals surface area (Å²) in [5, 5.41) is 7.28. The molecule has 1 aromatic rings. The van der Waals surface area contributed by atoms with Crippen LogP contribution >= 0.6 is 0 Å². The van der Waals surface area contributed by atoms with Gasteiger partial charge in [0, 0.05) is 7.05 Å². The van der Waals surface area contributed by atoms with Gasteiger partial charge in [0.1, 0.15) is 11.9 Å². The van der Waals surface area contributed by atoms with Crippen LogP contribution in [0.25, 0.3) is 0 Å². The number of hydrogen-bond donors (Lipinski definition) is 2. The Hall–Kier alpha value is -1.72. The Labute approximate surface area is 101 Å². The molecular formula is C11H20N4O2. The number of rotatable bonds is 5. The lowest BCUT2D eigenvalue weighted by molar-refractivity contribution is -0.143. The van der Waals surface area contributed by atoms with Gasteiger partial charge in [-0.05, 0) is 20.3 Å². The number of nitrogens with one attached hydrogen (secondary N) is 1. The van der Waals surface area contributed by atoms with E-state index in [2.05, 4.69) is 10.4 Å². The molecule has 17 heavy (non-hydrogen) atoms. The van der Waals surface area contributed by atoms with Crippen molar-refractivity contribution in [3.05, 3.63) is 5.69 Å². The van der Waals surface area contributed by atoms with Crippen LogP contribution in [-0.4, -0.2) is 28.4 Å². The molecule has 1 atom stereocenters. The van der Waals surface area contributed by atoms with Crippen LogP contribution in [0.3, 0.4) is 0 Å². The maximum Gasteiger partial charge on any atom is 0.328 e. The molecule has 1 aromatic heterocycles. The molecule has 6 heteroatoms. The van der Waals surface area contributed by atoms with Crippen molar-refractivity contribution in [1.29, 1.82) is 0 Å². The van der Waals surface area contributed by atoms with E-state index in [1.807, 2.05) is 6.92 Å². The highest BCUT2D eigenvalue weighted by molar-refractivity contribution is 5.80. The van der Waals surface area contributed by atoms with Crippen LogP contribution in [0.15, 0.2) is 0 Å². The Balaban J connectivity index is 2.81. The van der Waals surface area contributed by atoms with Gasteiger partial charge in [-0.3, -0.25) is 4.68 Å². The van der Waals surface area contributed by atoms with E-state index in [1.165, 1.54) is 0 Å². The highest BCUT2D eigenvalue weighted by Gasteiger charge is 2.18. The molecule has 0 saturated heterocycles. The molecule has 0 saturated carbocycles. The van der Waals surface area contributed by atoms with Crippen molar-refractivity contribution in [2.24, 2.45) is 7.05 Å². The van der Waals surface area contributed by atoms with Gasteiger partial charge in [0.05, 0.1) is 18.0 Å². The molecule has 0 aliphatic heterocycles. The molecule has 0 amide bonds. The fourth-order valence-corrected chi connectivity index (χ4v) is 1.56. The molecule has 0 aliphatic rings. The minimum Gasteiger partial charge on any atom is -0.464 e. The second-order valence-corrected chi connectivity index (χ2v) is 3.80. The third kappa shape index (κ3) is 2.89. The predicted octanol–water partition coefficient (Wildman–Crippen LogP) is 0.928. The van der Waals surface area contributed by atoms with Crippen LogP contribution in [0.1, 0.15) is 26.5 Å². The summed E-state index contributed by atoms with van der Waals surface area (Å²) >= 11 is 0. The number of nitrogen functional groups attached to an aromatic ring is 1. The van der Waals surface area contributed by atoms with Gasteiger partial charge in [-0.25, -0.2) is 4.79 Å². The van der Waals surface area contributed by atoms with Crippen molar-refractivity contribution >= 4 is 17.5 Å². The van der Waals surface area contributed by atoms with Crippen molar-refractivity contribution in [1.82, 2.24) is 9.78 Å². The second-order valence-electron chi connectivity index (χ2n) is 3.80.